The lowest BCUT2D eigenvalue weighted by Crippen LogP contribution is -2.29. The van der Waals surface area contributed by atoms with Crippen LogP contribution in [-0.4, -0.2) is 15.2 Å². The van der Waals surface area contributed by atoms with E-state index in [0.717, 1.165) is 22.3 Å². The van der Waals surface area contributed by atoms with Crippen molar-refractivity contribution in [3.05, 3.63) is 51.1 Å². The maximum atomic E-state index is 4.80. The highest BCUT2D eigenvalue weighted by Crippen LogP contribution is 2.25. The molecule has 4 heteroatoms. The average Bonchev–Trinajstić information content (AvgIpc) is 3.16. The molecule has 0 aliphatic rings. The number of nitrogens with zero attached hydrogens (tertiary/aromatic N) is 3. The van der Waals surface area contributed by atoms with Gasteiger partial charge in [-0.2, -0.15) is 10.2 Å². The number of unbranched alkanes of at least 4 members (excludes halogenated alkanes) is 2. The molecule has 0 bridgehead atoms. The van der Waals surface area contributed by atoms with Crippen LogP contribution in [0, 0.1) is 12.8 Å². The number of thiazole rings is 1. The molecule has 3 nitrogen and oxygen atoms in total. The van der Waals surface area contributed by atoms with Crippen LogP contribution in [0.2, 0.25) is 0 Å². The van der Waals surface area contributed by atoms with Gasteiger partial charge in [0.15, 0.2) is 0 Å². The van der Waals surface area contributed by atoms with Crippen molar-refractivity contribution in [3.63, 3.8) is 0 Å². The smallest absolute Gasteiger partial charge is 0.0901 e. The first-order valence-corrected chi connectivity index (χ1v) is 11.1. The summed E-state index contributed by atoms with van der Waals surface area (Å²) >= 11 is 1.71. The third kappa shape index (κ3) is 5.83. The van der Waals surface area contributed by atoms with Crippen molar-refractivity contribution in [1.29, 1.82) is 0 Å². The van der Waals surface area contributed by atoms with E-state index < -0.39 is 0 Å². The first kappa shape index (κ1) is 21.5. The van der Waals surface area contributed by atoms with Gasteiger partial charge in [0.2, 0.25) is 0 Å². The zero-order chi connectivity index (χ0) is 19.6. The van der Waals surface area contributed by atoms with Gasteiger partial charge in [0, 0.05) is 0 Å². The molecule has 0 atom stereocenters. The Hall–Kier alpha value is -1.81. The fourth-order valence-electron chi connectivity index (χ4n) is 3.38. The average molecular weight is 384 g/mol. The Kier molecular flexibility index (Phi) is 8.86. The van der Waals surface area contributed by atoms with Crippen LogP contribution in [0.4, 0.5) is 0 Å². The number of hydrogen-bond donors (Lipinski definition) is 0. The van der Waals surface area contributed by atoms with Crippen molar-refractivity contribution < 1.29 is 0 Å². The van der Waals surface area contributed by atoms with E-state index in [9.17, 15) is 0 Å². The summed E-state index contributed by atoms with van der Waals surface area (Å²) in [7, 11) is 0. The Balaban J connectivity index is 2.65. The van der Waals surface area contributed by atoms with E-state index in [1.807, 2.05) is 18.5 Å². The molecule has 146 valence electrons. The number of aromatic nitrogens is 3. The fraction of sp³-hybridized carbons (Fsp3) is 0.522. The van der Waals surface area contributed by atoms with Gasteiger partial charge in [0.1, 0.15) is 0 Å². The highest BCUT2D eigenvalue weighted by atomic mass is 32.1. The molecule has 0 saturated carbocycles. The lowest BCUT2D eigenvalue weighted by Gasteiger charge is -2.17. The van der Waals surface area contributed by atoms with Crippen LogP contribution in [0.3, 0.4) is 0 Å². The van der Waals surface area contributed by atoms with Crippen LogP contribution in [0.5, 0.6) is 0 Å². The van der Waals surface area contributed by atoms with Crippen LogP contribution in [-0.2, 0) is 0 Å². The minimum atomic E-state index is 0.568. The van der Waals surface area contributed by atoms with Crippen molar-refractivity contribution in [1.82, 2.24) is 15.2 Å². The van der Waals surface area contributed by atoms with E-state index in [0.29, 0.717) is 5.92 Å². The Morgan fingerprint density at radius 2 is 1.81 bits per heavy atom. The second kappa shape index (κ2) is 11.1. The molecule has 27 heavy (non-hydrogen) atoms. The Bertz CT molecular complexity index is 838. The predicted octanol–water partition coefficient (Wildman–Crippen LogP) is 5.18. The minimum Gasteiger partial charge on any atom is -0.244 e. The maximum absolute atomic E-state index is 4.80. The van der Waals surface area contributed by atoms with Crippen LogP contribution in [0.1, 0.15) is 77.6 Å². The van der Waals surface area contributed by atoms with Gasteiger partial charge in [-0.15, -0.1) is 11.3 Å². The molecule has 2 aromatic heterocycles. The SMILES string of the molecule is C\C=C/C(=c1/ncs/c1=C(/C)c1ccc(C)nn1)C(CCCC)CCCC. The molecule has 0 spiro atoms. The fourth-order valence-corrected chi connectivity index (χ4v) is 4.20. The third-order valence-corrected chi connectivity index (χ3v) is 5.91. The van der Waals surface area contributed by atoms with E-state index in [2.05, 4.69) is 56.1 Å². The standard InChI is InChI=1S/C23H33N3S/c1-6-9-12-19(13-10-7-2)20(11-8-3)22-23(27-16-24-22)18(5)21-15-14-17(4)25-26-21/h8,11,14-16,19H,6-7,9-10,12-13H2,1-5H3/b11-8-,22-20-,23-18-. The van der Waals surface area contributed by atoms with Gasteiger partial charge in [-0.05, 0) is 62.8 Å². The summed E-state index contributed by atoms with van der Waals surface area (Å²) in [6, 6.07) is 4.08. The van der Waals surface area contributed by atoms with E-state index in [1.165, 1.54) is 48.6 Å². The van der Waals surface area contributed by atoms with Crippen molar-refractivity contribution in [3.8, 4) is 0 Å². The van der Waals surface area contributed by atoms with Crippen molar-refractivity contribution >= 4 is 22.5 Å². The lowest BCUT2D eigenvalue weighted by atomic mass is 9.88. The molecule has 0 radical (unpaired) electrons. The van der Waals surface area contributed by atoms with Gasteiger partial charge in [-0.1, -0.05) is 51.7 Å². The second-order valence-electron chi connectivity index (χ2n) is 7.15. The molecule has 0 N–H and O–H groups in total. The summed E-state index contributed by atoms with van der Waals surface area (Å²) < 4.78 is 1.22. The largest absolute Gasteiger partial charge is 0.244 e. The first-order valence-electron chi connectivity index (χ1n) is 10.2. The van der Waals surface area contributed by atoms with Gasteiger partial charge in [-0.25, -0.2) is 4.98 Å². The van der Waals surface area contributed by atoms with Crippen molar-refractivity contribution in [2.24, 2.45) is 5.92 Å². The zero-order valence-corrected chi connectivity index (χ0v) is 18.3. The molecular formula is C23H33N3S. The summed E-state index contributed by atoms with van der Waals surface area (Å²) in [5.41, 5.74) is 6.39. The quantitative estimate of drug-likeness (QED) is 0.598. The summed E-state index contributed by atoms with van der Waals surface area (Å²) in [6.45, 7) is 10.7. The molecule has 0 aliphatic heterocycles. The highest BCUT2D eigenvalue weighted by molar-refractivity contribution is 7.07. The summed E-state index contributed by atoms with van der Waals surface area (Å²) in [4.78, 5) is 4.80. The second-order valence-corrected chi connectivity index (χ2v) is 8.01. The van der Waals surface area contributed by atoms with Gasteiger partial charge in [0.05, 0.1) is 26.8 Å². The van der Waals surface area contributed by atoms with Gasteiger partial charge < -0.3 is 0 Å². The normalized spacial score (nSPS) is 14.1. The molecule has 0 saturated heterocycles. The Labute approximate surface area is 168 Å². The zero-order valence-electron chi connectivity index (χ0n) is 17.5. The highest BCUT2D eigenvalue weighted by Gasteiger charge is 2.15. The molecule has 0 amide bonds. The molecule has 0 aromatic carbocycles. The van der Waals surface area contributed by atoms with Gasteiger partial charge in [0.25, 0.3) is 0 Å². The molecule has 0 fully saturated rings. The minimum absolute atomic E-state index is 0.568. The molecule has 2 rings (SSSR count). The number of allylic oxidation sites excluding steroid dienone is 2. The monoisotopic (exact) mass is 383 g/mol. The maximum Gasteiger partial charge on any atom is 0.0901 e. The molecule has 0 unspecified atom stereocenters. The molecular weight excluding hydrogens is 350 g/mol. The van der Waals surface area contributed by atoms with E-state index in [4.69, 9.17) is 4.98 Å². The van der Waals surface area contributed by atoms with Crippen LogP contribution in [0.25, 0.3) is 11.1 Å². The van der Waals surface area contributed by atoms with Crippen LogP contribution < -0.4 is 9.88 Å². The topological polar surface area (TPSA) is 38.7 Å². The number of aryl methyl sites for hydroxylation is 1. The van der Waals surface area contributed by atoms with Crippen LogP contribution >= 0.6 is 11.3 Å². The molecule has 0 aliphatic carbocycles. The molecule has 2 heterocycles. The summed E-state index contributed by atoms with van der Waals surface area (Å²) in [5.74, 6) is 0.568. The predicted molar refractivity (Wildman–Crippen MR) is 117 cm³/mol. The van der Waals surface area contributed by atoms with E-state index in [-0.39, 0.29) is 0 Å². The van der Waals surface area contributed by atoms with Crippen molar-refractivity contribution in [2.45, 2.75) is 73.1 Å². The van der Waals surface area contributed by atoms with E-state index in [1.54, 1.807) is 11.3 Å². The summed E-state index contributed by atoms with van der Waals surface area (Å²) in [6.07, 6.45) is 11.9. The molecule has 2 aromatic rings. The Morgan fingerprint density at radius 1 is 1.11 bits per heavy atom. The number of hydrogen-bond acceptors (Lipinski definition) is 4. The van der Waals surface area contributed by atoms with Gasteiger partial charge >= 0.3 is 0 Å². The first-order chi connectivity index (χ1) is 13.1. The Morgan fingerprint density at radius 3 is 2.37 bits per heavy atom. The van der Waals surface area contributed by atoms with Crippen molar-refractivity contribution in [2.75, 3.05) is 0 Å². The lowest BCUT2D eigenvalue weighted by molar-refractivity contribution is 0.509. The van der Waals surface area contributed by atoms with E-state index >= 15 is 0 Å². The van der Waals surface area contributed by atoms with Crippen LogP contribution in [0.15, 0.2) is 29.8 Å². The summed E-state index contributed by atoms with van der Waals surface area (Å²) in [5, 5.41) is 9.75. The van der Waals surface area contributed by atoms with Gasteiger partial charge in [-0.3, -0.25) is 0 Å². The number of rotatable bonds is 9. The third-order valence-electron chi connectivity index (χ3n) is 4.96.